The fraction of sp³-hybridized carbons (Fsp3) is 0.750. The molecule has 0 aliphatic heterocycles. The SMILES string of the molecule is CCC(=O)CCC(=O)CCSS. The Hall–Kier alpha value is 0.0400. The Labute approximate surface area is 82.3 Å². The Balaban J connectivity index is 3.37. The van der Waals surface area contributed by atoms with Crippen molar-refractivity contribution in [1.82, 2.24) is 0 Å². The van der Waals surface area contributed by atoms with Crippen molar-refractivity contribution in [1.29, 1.82) is 0 Å². The van der Waals surface area contributed by atoms with E-state index in [9.17, 15) is 9.59 Å². The van der Waals surface area contributed by atoms with E-state index >= 15 is 0 Å². The molecule has 2 nitrogen and oxygen atoms in total. The number of carbonyl (C=O) groups is 2. The fourth-order valence-electron chi connectivity index (χ4n) is 0.740. The lowest BCUT2D eigenvalue weighted by Crippen LogP contribution is -2.03. The number of thiol groups is 1. The van der Waals surface area contributed by atoms with Crippen molar-refractivity contribution in [2.75, 3.05) is 5.75 Å². The van der Waals surface area contributed by atoms with Crippen LogP contribution in [0, 0.1) is 0 Å². The molecule has 0 radical (unpaired) electrons. The third-order valence-electron chi connectivity index (χ3n) is 1.55. The van der Waals surface area contributed by atoms with Crippen LogP contribution in [0.1, 0.15) is 32.6 Å². The summed E-state index contributed by atoms with van der Waals surface area (Å²) < 4.78 is 0. The van der Waals surface area contributed by atoms with Crippen molar-refractivity contribution in [2.45, 2.75) is 32.6 Å². The minimum atomic E-state index is 0.165. The fourth-order valence-corrected chi connectivity index (χ4v) is 1.33. The molecule has 0 spiro atoms. The summed E-state index contributed by atoms with van der Waals surface area (Å²) in [7, 11) is 1.36. The van der Waals surface area contributed by atoms with Crippen LogP contribution in [0.25, 0.3) is 0 Å². The quantitative estimate of drug-likeness (QED) is 0.512. The minimum absolute atomic E-state index is 0.165. The maximum absolute atomic E-state index is 11.0. The summed E-state index contributed by atoms with van der Waals surface area (Å²) in [6, 6.07) is 0. The average molecular weight is 206 g/mol. The van der Waals surface area contributed by atoms with Gasteiger partial charge in [-0.1, -0.05) is 17.7 Å². The van der Waals surface area contributed by atoms with Gasteiger partial charge in [-0.15, -0.1) is 11.7 Å². The van der Waals surface area contributed by atoms with Crippen molar-refractivity contribution >= 4 is 34.0 Å². The second-order valence-corrected chi connectivity index (χ2v) is 3.96. The highest BCUT2D eigenvalue weighted by molar-refractivity contribution is 8.68. The minimum Gasteiger partial charge on any atom is -0.300 e. The summed E-state index contributed by atoms with van der Waals surface area (Å²) in [6.45, 7) is 1.82. The smallest absolute Gasteiger partial charge is 0.134 e. The molecule has 0 amide bonds. The van der Waals surface area contributed by atoms with Crippen molar-refractivity contribution in [2.24, 2.45) is 0 Å². The number of carbonyl (C=O) groups excluding carboxylic acids is 2. The van der Waals surface area contributed by atoms with Gasteiger partial charge in [-0.25, -0.2) is 0 Å². The lowest BCUT2D eigenvalue weighted by molar-refractivity contribution is -0.123. The highest BCUT2D eigenvalue weighted by Crippen LogP contribution is 2.08. The molecule has 0 saturated carbocycles. The predicted molar refractivity (Wildman–Crippen MR) is 55.6 cm³/mol. The molecule has 0 aliphatic carbocycles. The van der Waals surface area contributed by atoms with Gasteiger partial charge < -0.3 is 0 Å². The molecule has 0 atom stereocenters. The van der Waals surface area contributed by atoms with E-state index in [0.29, 0.717) is 25.7 Å². The first-order valence-corrected chi connectivity index (χ1v) is 6.04. The Morgan fingerprint density at radius 1 is 1.17 bits per heavy atom. The van der Waals surface area contributed by atoms with E-state index < -0.39 is 0 Å². The zero-order valence-corrected chi connectivity index (χ0v) is 8.92. The van der Waals surface area contributed by atoms with Gasteiger partial charge in [0.2, 0.25) is 0 Å². The van der Waals surface area contributed by atoms with Crippen molar-refractivity contribution < 1.29 is 9.59 Å². The lowest BCUT2D eigenvalue weighted by Gasteiger charge is -1.97. The third-order valence-corrected chi connectivity index (χ3v) is 2.48. The molecule has 0 aliphatic rings. The van der Waals surface area contributed by atoms with Crippen LogP contribution in [-0.4, -0.2) is 17.3 Å². The summed E-state index contributed by atoms with van der Waals surface area (Å²) in [4.78, 5) is 21.8. The molecule has 0 bridgehead atoms. The topological polar surface area (TPSA) is 34.1 Å². The van der Waals surface area contributed by atoms with Gasteiger partial charge >= 0.3 is 0 Å². The molecule has 0 rings (SSSR count). The van der Waals surface area contributed by atoms with Gasteiger partial charge in [0.15, 0.2) is 0 Å². The Morgan fingerprint density at radius 2 is 1.75 bits per heavy atom. The molecular weight excluding hydrogens is 192 g/mol. The van der Waals surface area contributed by atoms with Crippen LogP contribution < -0.4 is 0 Å². The molecule has 12 heavy (non-hydrogen) atoms. The van der Waals surface area contributed by atoms with E-state index in [1.54, 1.807) is 0 Å². The molecule has 0 unspecified atom stereocenters. The first kappa shape index (κ1) is 12.0. The molecule has 70 valence electrons. The van der Waals surface area contributed by atoms with Gasteiger partial charge in [0.05, 0.1) is 0 Å². The van der Waals surface area contributed by atoms with Gasteiger partial charge in [-0.05, 0) is 0 Å². The van der Waals surface area contributed by atoms with E-state index in [-0.39, 0.29) is 11.6 Å². The summed E-state index contributed by atoms with van der Waals surface area (Å²) in [6.07, 6.45) is 1.88. The largest absolute Gasteiger partial charge is 0.300 e. The highest BCUT2D eigenvalue weighted by atomic mass is 33.1. The van der Waals surface area contributed by atoms with Crippen LogP contribution in [0.2, 0.25) is 0 Å². The number of hydrogen-bond donors (Lipinski definition) is 1. The number of rotatable bonds is 7. The summed E-state index contributed by atoms with van der Waals surface area (Å²) in [5, 5.41) is 0. The van der Waals surface area contributed by atoms with Crippen molar-refractivity contribution in [3.8, 4) is 0 Å². The summed E-state index contributed by atoms with van der Waals surface area (Å²) in [5.41, 5.74) is 0. The van der Waals surface area contributed by atoms with Crippen LogP contribution in [0.3, 0.4) is 0 Å². The zero-order valence-electron chi connectivity index (χ0n) is 7.21. The first-order chi connectivity index (χ1) is 5.70. The van der Waals surface area contributed by atoms with Crippen LogP contribution in [0.5, 0.6) is 0 Å². The standard InChI is InChI=1S/C8H14O2S2/c1-2-7(9)3-4-8(10)5-6-12-11/h11H,2-6H2,1H3. The molecule has 0 saturated heterocycles. The normalized spacial score (nSPS) is 9.83. The van der Waals surface area contributed by atoms with Crippen LogP contribution in [0.15, 0.2) is 0 Å². The van der Waals surface area contributed by atoms with Crippen LogP contribution in [-0.2, 0) is 9.59 Å². The molecule has 0 fully saturated rings. The van der Waals surface area contributed by atoms with Gasteiger partial charge in [0.1, 0.15) is 11.6 Å². The number of Topliss-reactive ketones (excluding diaryl/α,β-unsaturated/α-hetero) is 2. The van der Waals surface area contributed by atoms with E-state index in [2.05, 4.69) is 11.7 Å². The zero-order chi connectivity index (χ0) is 9.40. The Kier molecular flexibility index (Phi) is 7.70. The van der Waals surface area contributed by atoms with Gasteiger partial charge in [0, 0.05) is 31.4 Å². The maximum Gasteiger partial charge on any atom is 0.134 e. The van der Waals surface area contributed by atoms with E-state index in [0.717, 1.165) is 5.75 Å². The second-order valence-electron chi connectivity index (χ2n) is 2.51. The molecule has 0 aromatic carbocycles. The highest BCUT2D eigenvalue weighted by Gasteiger charge is 2.04. The Bertz CT molecular complexity index is 157. The lowest BCUT2D eigenvalue weighted by atomic mass is 10.1. The molecule has 0 heterocycles. The van der Waals surface area contributed by atoms with E-state index in [4.69, 9.17) is 0 Å². The first-order valence-electron chi connectivity index (χ1n) is 4.00. The van der Waals surface area contributed by atoms with Gasteiger partial charge in [-0.2, -0.15) is 0 Å². The van der Waals surface area contributed by atoms with Crippen molar-refractivity contribution in [3.63, 3.8) is 0 Å². The summed E-state index contributed by atoms with van der Waals surface area (Å²) >= 11 is 3.92. The molecule has 0 aromatic heterocycles. The Morgan fingerprint density at radius 3 is 2.25 bits per heavy atom. The second kappa shape index (κ2) is 7.68. The van der Waals surface area contributed by atoms with E-state index in [1.807, 2.05) is 6.92 Å². The number of ketones is 2. The molecule has 0 N–H and O–H groups in total. The van der Waals surface area contributed by atoms with Crippen LogP contribution >= 0.6 is 22.5 Å². The van der Waals surface area contributed by atoms with Gasteiger partial charge in [0.25, 0.3) is 0 Å². The number of hydrogen-bond acceptors (Lipinski definition) is 4. The molecular formula is C8H14O2S2. The maximum atomic E-state index is 11.0. The summed E-state index contributed by atoms with van der Waals surface area (Å²) in [5.74, 6) is 1.07. The molecule has 0 aromatic rings. The molecule has 4 heteroatoms. The van der Waals surface area contributed by atoms with Crippen molar-refractivity contribution in [3.05, 3.63) is 0 Å². The monoisotopic (exact) mass is 206 g/mol. The van der Waals surface area contributed by atoms with Crippen LogP contribution in [0.4, 0.5) is 0 Å². The predicted octanol–water partition coefficient (Wildman–Crippen LogP) is 2.28. The van der Waals surface area contributed by atoms with E-state index in [1.165, 1.54) is 10.8 Å². The average Bonchev–Trinajstić information content (AvgIpc) is 2.10. The van der Waals surface area contributed by atoms with Gasteiger partial charge in [-0.3, -0.25) is 9.59 Å². The third kappa shape index (κ3) is 6.73.